The highest BCUT2D eigenvalue weighted by atomic mass is 35.5. The molecule has 1 fully saturated rings. The molecule has 150 valence electrons. The summed E-state index contributed by atoms with van der Waals surface area (Å²) in [7, 11) is 0. The maximum Gasteiger partial charge on any atom is 0.247 e. The Hall–Kier alpha value is -2.27. The summed E-state index contributed by atoms with van der Waals surface area (Å²) >= 11 is 5.89. The number of carbonyl (C=O) groups excluding carboxylic acids is 2. The number of nitrogens with zero attached hydrogens (tertiary/aromatic N) is 1. The van der Waals surface area contributed by atoms with E-state index in [1.165, 1.54) is 11.3 Å². The van der Waals surface area contributed by atoms with Gasteiger partial charge in [0, 0.05) is 6.04 Å². The molecule has 2 aromatic rings. The highest BCUT2D eigenvalue weighted by Crippen LogP contribution is 2.26. The van der Waals surface area contributed by atoms with Gasteiger partial charge >= 0.3 is 0 Å². The molecule has 5 nitrogen and oxygen atoms in total. The summed E-state index contributed by atoms with van der Waals surface area (Å²) in [5.74, 6) is -0.0518. The zero-order valence-corrected chi connectivity index (χ0v) is 17.0. The van der Waals surface area contributed by atoms with E-state index >= 15 is 0 Å². The number of amides is 2. The Morgan fingerprint density at radius 2 is 1.89 bits per heavy atom. The highest BCUT2D eigenvalue weighted by Gasteiger charge is 2.33. The maximum absolute atomic E-state index is 13.3. The molecule has 1 heterocycles. The van der Waals surface area contributed by atoms with Gasteiger partial charge in [-0.2, -0.15) is 0 Å². The van der Waals surface area contributed by atoms with Crippen molar-refractivity contribution >= 4 is 23.4 Å². The van der Waals surface area contributed by atoms with Crippen molar-refractivity contribution in [3.05, 3.63) is 59.5 Å². The van der Waals surface area contributed by atoms with Gasteiger partial charge in [-0.05, 0) is 37.5 Å². The first-order valence-corrected chi connectivity index (χ1v) is 10.4. The van der Waals surface area contributed by atoms with Crippen LogP contribution in [0.25, 0.3) is 0 Å². The van der Waals surface area contributed by atoms with Crippen LogP contribution in [0.2, 0.25) is 0 Å². The minimum Gasteiger partial charge on any atom is -0.467 e. The van der Waals surface area contributed by atoms with Gasteiger partial charge in [0.25, 0.3) is 0 Å². The number of furan rings is 1. The fourth-order valence-corrected chi connectivity index (χ4v) is 3.87. The summed E-state index contributed by atoms with van der Waals surface area (Å²) < 4.78 is 5.42. The first-order valence-electron chi connectivity index (χ1n) is 9.83. The molecule has 1 aromatic carbocycles. The van der Waals surface area contributed by atoms with Crippen LogP contribution in [0.3, 0.4) is 0 Å². The number of nitrogens with one attached hydrogen (secondary N) is 1. The Bertz CT molecular complexity index is 768. The predicted molar refractivity (Wildman–Crippen MR) is 109 cm³/mol. The van der Waals surface area contributed by atoms with Gasteiger partial charge in [-0.25, -0.2) is 0 Å². The minimum atomic E-state index is -0.751. The molecule has 0 spiro atoms. The summed E-state index contributed by atoms with van der Waals surface area (Å²) in [4.78, 5) is 27.5. The van der Waals surface area contributed by atoms with E-state index in [0.717, 1.165) is 36.8 Å². The van der Waals surface area contributed by atoms with Gasteiger partial charge in [0.05, 0.1) is 12.8 Å². The SMILES string of the molecule is Cc1ccc([C@H](C(=O)NC2CCCCC2)N(Cc2ccco2)C(=O)CCl)cc1. The molecule has 0 bridgehead atoms. The van der Waals surface area contributed by atoms with Gasteiger partial charge < -0.3 is 14.6 Å². The molecule has 2 amide bonds. The second kappa shape index (κ2) is 9.78. The molecule has 0 saturated heterocycles. The van der Waals surface area contributed by atoms with Gasteiger partial charge in [-0.3, -0.25) is 9.59 Å². The normalized spacial score (nSPS) is 15.8. The summed E-state index contributed by atoms with van der Waals surface area (Å²) in [6, 6.07) is 10.7. The van der Waals surface area contributed by atoms with Crippen LogP contribution in [-0.4, -0.2) is 28.6 Å². The van der Waals surface area contributed by atoms with E-state index in [1.54, 1.807) is 18.4 Å². The lowest BCUT2D eigenvalue weighted by molar-refractivity contribution is -0.140. The molecule has 6 heteroatoms. The molecule has 1 N–H and O–H groups in total. The Morgan fingerprint density at radius 1 is 1.18 bits per heavy atom. The summed E-state index contributed by atoms with van der Waals surface area (Å²) in [5.41, 5.74) is 1.86. The second-order valence-electron chi connectivity index (χ2n) is 7.39. The topological polar surface area (TPSA) is 62.6 Å². The lowest BCUT2D eigenvalue weighted by Gasteiger charge is -2.32. The van der Waals surface area contributed by atoms with Gasteiger partial charge in [-0.15, -0.1) is 11.6 Å². The van der Waals surface area contributed by atoms with E-state index in [1.807, 2.05) is 31.2 Å². The first-order chi connectivity index (χ1) is 13.6. The van der Waals surface area contributed by atoms with Crippen LogP contribution >= 0.6 is 11.6 Å². The summed E-state index contributed by atoms with van der Waals surface area (Å²) in [6.07, 6.45) is 6.97. The third-order valence-corrected chi connectivity index (χ3v) is 5.47. The number of hydrogen-bond acceptors (Lipinski definition) is 3. The standard InChI is InChI=1S/C22H27ClN2O3/c1-16-9-11-17(12-10-16)21(22(27)24-18-6-3-2-4-7-18)25(20(26)14-23)15-19-8-5-13-28-19/h5,8-13,18,21H,2-4,6-7,14-15H2,1H3,(H,24,27)/t21-/m1/s1. The van der Waals surface area contributed by atoms with Gasteiger partial charge in [0.1, 0.15) is 17.7 Å². The zero-order chi connectivity index (χ0) is 19.9. The Morgan fingerprint density at radius 3 is 2.50 bits per heavy atom. The smallest absolute Gasteiger partial charge is 0.247 e. The predicted octanol–water partition coefficient (Wildman–Crippen LogP) is 4.35. The molecule has 1 saturated carbocycles. The molecular weight excluding hydrogens is 376 g/mol. The minimum absolute atomic E-state index is 0.158. The maximum atomic E-state index is 13.3. The average Bonchev–Trinajstić information content (AvgIpc) is 3.22. The molecule has 1 aliphatic carbocycles. The number of carbonyl (C=O) groups is 2. The molecule has 0 radical (unpaired) electrons. The lowest BCUT2D eigenvalue weighted by Crippen LogP contribution is -2.47. The van der Waals surface area contributed by atoms with Crippen molar-refractivity contribution in [1.82, 2.24) is 10.2 Å². The zero-order valence-electron chi connectivity index (χ0n) is 16.2. The van der Waals surface area contributed by atoms with Gasteiger partial charge in [0.15, 0.2) is 0 Å². The fraction of sp³-hybridized carbons (Fsp3) is 0.455. The van der Waals surface area contributed by atoms with E-state index in [-0.39, 0.29) is 30.3 Å². The molecule has 3 rings (SSSR count). The first kappa shape index (κ1) is 20.5. The molecule has 0 aliphatic heterocycles. The van der Waals surface area contributed by atoms with E-state index in [2.05, 4.69) is 5.32 Å². The largest absolute Gasteiger partial charge is 0.467 e. The Balaban J connectivity index is 1.90. The van der Waals surface area contributed by atoms with Crippen molar-refractivity contribution in [2.24, 2.45) is 0 Å². The van der Waals surface area contributed by atoms with Crippen LogP contribution in [-0.2, 0) is 16.1 Å². The van der Waals surface area contributed by atoms with Crippen molar-refractivity contribution in [1.29, 1.82) is 0 Å². The van der Waals surface area contributed by atoms with Crippen LogP contribution < -0.4 is 5.32 Å². The van der Waals surface area contributed by atoms with Crippen LogP contribution in [0.15, 0.2) is 47.1 Å². The quantitative estimate of drug-likeness (QED) is 0.700. The van der Waals surface area contributed by atoms with E-state index in [4.69, 9.17) is 16.0 Å². The Kier molecular flexibility index (Phi) is 7.15. The van der Waals surface area contributed by atoms with Crippen molar-refractivity contribution in [3.63, 3.8) is 0 Å². The number of aryl methyl sites for hydroxylation is 1. The van der Waals surface area contributed by atoms with Crippen molar-refractivity contribution < 1.29 is 14.0 Å². The second-order valence-corrected chi connectivity index (χ2v) is 7.66. The molecule has 1 aliphatic rings. The third kappa shape index (κ3) is 5.16. The fourth-order valence-electron chi connectivity index (χ4n) is 3.72. The molecule has 28 heavy (non-hydrogen) atoms. The van der Waals surface area contributed by atoms with Crippen LogP contribution in [0, 0.1) is 6.92 Å². The molecular formula is C22H27ClN2O3. The molecule has 0 unspecified atom stereocenters. The van der Waals surface area contributed by atoms with Crippen molar-refractivity contribution in [2.45, 2.75) is 57.7 Å². The Labute approximate surface area is 171 Å². The molecule has 1 atom stereocenters. The van der Waals surface area contributed by atoms with Crippen molar-refractivity contribution in [2.75, 3.05) is 5.88 Å². The number of benzene rings is 1. The monoisotopic (exact) mass is 402 g/mol. The highest BCUT2D eigenvalue weighted by molar-refractivity contribution is 6.27. The van der Waals surface area contributed by atoms with E-state index in [9.17, 15) is 9.59 Å². The summed E-state index contributed by atoms with van der Waals surface area (Å²) in [6.45, 7) is 2.18. The summed E-state index contributed by atoms with van der Waals surface area (Å²) in [5, 5.41) is 3.16. The number of rotatable bonds is 7. The lowest BCUT2D eigenvalue weighted by atomic mass is 9.94. The molecule has 1 aromatic heterocycles. The van der Waals surface area contributed by atoms with Crippen LogP contribution in [0.4, 0.5) is 0 Å². The van der Waals surface area contributed by atoms with Gasteiger partial charge in [0.2, 0.25) is 11.8 Å². The third-order valence-electron chi connectivity index (χ3n) is 5.25. The van der Waals surface area contributed by atoms with E-state index < -0.39 is 6.04 Å². The number of halogens is 1. The van der Waals surface area contributed by atoms with Crippen LogP contribution in [0.1, 0.15) is 55.0 Å². The number of alkyl halides is 1. The van der Waals surface area contributed by atoms with E-state index in [0.29, 0.717) is 5.76 Å². The van der Waals surface area contributed by atoms with Crippen molar-refractivity contribution in [3.8, 4) is 0 Å². The number of hydrogen-bond donors (Lipinski definition) is 1. The van der Waals surface area contributed by atoms with Gasteiger partial charge in [-0.1, -0.05) is 49.1 Å². The van der Waals surface area contributed by atoms with Crippen LogP contribution in [0.5, 0.6) is 0 Å². The average molecular weight is 403 g/mol.